The summed E-state index contributed by atoms with van der Waals surface area (Å²) < 4.78 is 42.1. The summed E-state index contributed by atoms with van der Waals surface area (Å²) in [7, 11) is -3.67. The normalized spacial score (nSPS) is 19.0. The fraction of sp³-hybridized carbons (Fsp3) is 0.552. The first-order valence-corrected chi connectivity index (χ1v) is 16.4. The smallest absolute Gasteiger partial charge is 0.323 e. The second kappa shape index (κ2) is 11.6. The molecule has 0 aromatic heterocycles. The molecule has 0 amide bonds. The van der Waals surface area contributed by atoms with Gasteiger partial charge in [-0.1, -0.05) is 39.5 Å². The molecule has 2 aliphatic rings. The van der Waals surface area contributed by atoms with Crippen LogP contribution in [0.3, 0.4) is 0 Å². The topological polar surface area (TPSA) is 86.7 Å². The van der Waals surface area contributed by atoms with E-state index in [9.17, 15) is 22.7 Å². The van der Waals surface area contributed by atoms with Crippen LogP contribution in [0.2, 0.25) is 0 Å². The van der Waals surface area contributed by atoms with Gasteiger partial charge in [0.25, 0.3) is 0 Å². The molecule has 0 unspecified atom stereocenters. The number of aliphatic carboxylic acids is 1. The lowest BCUT2D eigenvalue weighted by atomic mass is 9.79. The summed E-state index contributed by atoms with van der Waals surface area (Å²) >= 11 is 1.51. The van der Waals surface area contributed by atoms with Gasteiger partial charge in [0.05, 0.1) is 16.3 Å². The molecule has 1 heterocycles. The second-order valence-corrected chi connectivity index (χ2v) is 13.7. The zero-order valence-corrected chi connectivity index (χ0v) is 24.2. The lowest BCUT2D eigenvalue weighted by Gasteiger charge is -2.37. The number of thioether (sulfide) groups is 1. The molecule has 1 aliphatic heterocycles. The van der Waals surface area contributed by atoms with Crippen molar-refractivity contribution in [3.05, 3.63) is 47.8 Å². The number of rotatable bonds is 12. The molecule has 2 aromatic rings. The van der Waals surface area contributed by atoms with Crippen LogP contribution in [0.15, 0.2) is 46.2 Å². The fourth-order valence-corrected chi connectivity index (χ4v) is 8.34. The van der Waals surface area contributed by atoms with E-state index in [1.807, 2.05) is 12.3 Å². The highest BCUT2D eigenvalue weighted by molar-refractivity contribution is 7.98. The van der Waals surface area contributed by atoms with Crippen molar-refractivity contribution in [3.63, 3.8) is 0 Å². The third-order valence-electron chi connectivity index (χ3n) is 8.01. The Balaban J connectivity index is 1.85. The van der Waals surface area contributed by atoms with E-state index in [1.165, 1.54) is 23.9 Å². The molecule has 4 rings (SSSR count). The summed E-state index contributed by atoms with van der Waals surface area (Å²) in [5.41, 5.74) is 0.803. The molecule has 38 heavy (non-hydrogen) atoms. The quantitative estimate of drug-likeness (QED) is 0.284. The largest absolute Gasteiger partial charge is 0.480 e. The number of carboxylic acid groups (broad SMARTS) is 1. The molecule has 9 heteroatoms. The van der Waals surface area contributed by atoms with Crippen LogP contribution in [0.25, 0.3) is 0 Å². The van der Waals surface area contributed by atoms with Gasteiger partial charge in [-0.25, -0.2) is 12.8 Å². The number of nitrogens with zero attached hydrogens (tertiary/aromatic N) is 1. The lowest BCUT2D eigenvalue weighted by molar-refractivity contribution is -0.140. The molecule has 0 radical (unpaired) electrons. The van der Waals surface area contributed by atoms with Gasteiger partial charge in [-0.15, -0.1) is 11.8 Å². The van der Waals surface area contributed by atoms with Crippen molar-refractivity contribution in [2.75, 3.05) is 23.5 Å². The number of carboxylic acids is 1. The van der Waals surface area contributed by atoms with Crippen LogP contribution in [-0.2, 0) is 21.2 Å². The van der Waals surface area contributed by atoms with Crippen molar-refractivity contribution < 1.29 is 22.7 Å². The maximum atomic E-state index is 14.1. The van der Waals surface area contributed by atoms with E-state index in [4.69, 9.17) is 0 Å². The van der Waals surface area contributed by atoms with Gasteiger partial charge >= 0.3 is 5.97 Å². The third-order valence-corrected chi connectivity index (χ3v) is 10.8. The molecule has 1 saturated carbocycles. The number of unbranched alkanes of at least 4 members (excludes halogenated alkanes) is 2. The lowest BCUT2D eigenvalue weighted by Crippen LogP contribution is -2.38. The molecule has 0 bridgehead atoms. The molecule has 1 aliphatic carbocycles. The number of sulfone groups is 1. The zero-order valence-electron chi connectivity index (χ0n) is 22.6. The van der Waals surface area contributed by atoms with Crippen molar-refractivity contribution in [2.45, 2.75) is 87.1 Å². The van der Waals surface area contributed by atoms with E-state index in [-0.39, 0.29) is 23.0 Å². The molecule has 1 fully saturated rings. The van der Waals surface area contributed by atoms with Crippen molar-refractivity contribution in [2.24, 2.45) is 5.41 Å². The van der Waals surface area contributed by atoms with Gasteiger partial charge in [0, 0.05) is 29.1 Å². The SMILES string of the molecule is CCCCC1(CCCC)CN(c2ccc(F)cc2)c2cc(SC)c(CNC3(C(=O)O)CC3)cc2S(=O)(=O)C1. The molecule has 2 aromatic carbocycles. The van der Waals surface area contributed by atoms with E-state index in [2.05, 4.69) is 24.1 Å². The summed E-state index contributed by atoms with van der Waals surface area (Å²) in [6.07, 6.45) is 8.52. The number of anilines is 2. The molecular formula is C29H39FN2O4S2. The molecule has 2 N–H and O–H groups in total. The van der Waals surface area contributed by atoms with E-state index < -0.39 is 26.8 Å². The Morgan fingerprint density at radius 3 is 2.26 bits per heavy atom. The number of carbonyl (C=O) groups is 1. The van der Waals surface area contributed by atoms with Crippen LogP contribution in [0.1, 0.15) is 70.8 Å². The van der Waals surface area contributed by atoms with Gasteiger partial charge < -0.3 is 10.0 Å². The highest BCUT2D eigenvalue weighted by Crippen LogP contribution is 2.47. The number of fused-ring (bicyclic) bond motifs is 1. The van der Waals surface area contributed by atoms with Crippen LogP contribution >= 0.6 is 11.8 Å². The molecule has 0 spiro atoms. The van der Waals surface area contributed by atoms with Gasteiger partial charge in [0.15, 0.2) is 9.84 Å². The van der Waals surface area contributed by atoms with Crippen molar-refractivity contribution in [1.82, 2.24) is 5.32 Å². The Bertz CT molecular complexity index is 1250. The number of nitrogens with one attached hydrogen (secondary N) is 1. The third kappa shape index (κ3) is 6.05. The standard InChI is InChI=1S/C29H39FN2O4S2/c1-4-6-12-28(13-7-5-2)19-32(23-10-8-22(30)9-11-23)24-17-25(37-3)21(16-26(24)38(35,36)20-28)18-31-29(14-15-29)27(33)34/h8-11,16-17,31H,4-7,12-15,18-20H2,1-3H3,(H,33,34). The number of benzene rings is 2. The minimum absolute atomic E-state index is 0.0647. The molecule has 0 atom stereocenters. The van der Waals surface area contributed by atoms with E-state index >= 15 is 0 Å². The fourth-order valence-electron chi connectivity index (χ4n) is 5.56. The van der Waals surface area contributed by atoms with E-state index in [0.29, 0.717) is 25.1 Å². The van der Waals surface area contributed by atoms with Crippen molar-refractivity contribution >= 4 is 38.9 Å². The Kier molecular flexibility index (Phi) is 8.79. The van der Waals surface area contributed by atoms with Crippen LogP contribution < -0.4 is 10.2 Å². The van der Waals surface area contributed by atoms with E-state index in [1.54, 1.807) is 18.2 Å². The highest BCUT2D eigenvalue weighted by atomic mass is 32.2. The first-order valence-electron chi connectivity index (χ1n) is 13.5. The molecule has 6 nitrogen and oxygen atoms in total. The van der Waals surface area contributed by atoms with Gasteiger partial charge in [-0.05, 0) is 73.9 Å². The van der Waals surface area contributed by atoms with E-state index in [0.717, 1.165) is 54.7 Å². The summed E-state index contributed by atoms with van der Waals surface area (Å²) in [6.45, 7) is 5.06. The van der Waals surface area contributed by atoms with Crippen LogP contribution in [-0.4, -0.2) is 43.6 Å². The Labute approximate surface area is 230 Å². The van der Waals surface area contributed by atoms with Gasteiger partial charge in [0.2, 0.25) is 0 Å². The summed E-state index contributed by atoms with van der Waals surface area (Å²) in [5, 5.41) is 12.8. The second-order valence-electron chi connectivity index (χ2n) is 10.9. The average molecular weight is 563 g/mol. The summed E-state index contributed by atoms with van der Waals surface area (Å²) in [5.74, 6) is -1.14. The Hall–Kier alpha value is -2.10. The van der Waals surface area contributed by atoms with Crippen molar-refractivity contribution in [1.29, 1.82) is 0 Å². The zero-order chi connectivity index (χ0) is 27.6. The predicted molar refractivity (Wildman–Crippen MR) is 152 cm³/mol. The maximum absolute atomic E-state index is 14.1. The highest BCUT2D eigenvalue weighted by Gasteiger charge is 2.50. The molecule has 0 saturated heterocycles. The molecular weight excluding hydrogens is 523 g/mol. The minimum atomic E-state index is -3.67. The van der Waals surface area contributed by atoms with Gasteiger partial charge in [0.1, 0.15) is 11.4 Å². The number of hydrogen-bond acceptors (Lipinski definition) is 6. The van der Waals surface area contributed by atoms with Crippen LogP contribution in [0.4, 0.5) is 15.8 Å². The minimum Gasteiger partial charge on any atom is -0.480 e. The first-order chi connectivity index (χ1) is 18.1. The van der Waals surface area contributed by atoms with Crippen molar-refractivity contribution in [3.8, 4) is 0 Å². The number of halogens is 1. The Morgan fingerprint density at radius 2 is 1.74 bits per heavy atom. The number of hydrogen-bond donors (Lipinski definition) is 2. The monoisotopic (exact) mass is 562 g/mol. The Morgan fingerprint density at radius 1 is 1.11 bits per heavy atom. The van der Waals surface area contributed by atoms with Crippen LogP contribution in [0.5, 0.6) is 0 Å². The molecule has 208 valence electrons. The predicted octanol–water partition coefficient (Wildman–Crippen LogP) is 6.55. The summed E-state index contributed by atoms with van der Waals surface area (Å²) in [4.78, 5) is 14.9. The maximum Gasteiger partial charge on any atom is 0.323 e. The average Bonchev–Trinajstić information content (AvgIpc) is 3.70. The first kappa shape index (κ1) is 28.9. The van der Waals surface area contributed by atoms with Crippen LogP contribution in [0, 0.1) is 11.2 Å². The summed E-state index contributed by atoms with van der Waals surface area (Å²) in [6, 6.07) is 9.95. The van der Waals surface area contributed by atoms with Gasteiger partial charge in [-0.3, -0.25) is 10.1 Å². The van der Waals surface area contributed by atoms with Gasteiger partial charge in [-0.2, -0.15) is 0 Å².